The molecule has 218 valence electrons. The van der Waals surface area contributed by atoms with Gasteiger partial charge < -0.3 is 54.7 Å². The fourth-order valence-electron chi connectivity index (χ4n) is 4.62. The largest absolute Gasteiger partial charge is 0.463 e. The van der Waals surface area contributed by atoms with E-state index in [9.17, 15) is 40.5 Å². The van der Waals surface area contributed by atoms with Crippen molar-refractivity contribution >= 4 is 5.97 Å². The SMILES string of the molecule is CCCCCCCCCCCCC(=O)OC[C@H]1O[C@H](O[C@]2(CO)O[C@H](CO)[C@@H](O)[C@@H]2O)[C@H](O)[C@@H](O)[C@@H]1O. The standard InChI is InChI=1S/C25H46O12/c1-2-3-4-5-6-7-8-9-10-11-12-18(28)34-14-17-19(29)21(31)22(32)24(35-17)37-25(15-27)23(33)20(30)16(13-26)36-25/h16-17,19-24,26-27,29-33H,2-15H2,1H3/t16-,17-,19-,20-,21+,22-,23+,24-,25+/m1/s1. The monoisotopic (exact) mass is 538 g/mol. The summed E-state index contributed by atoms with van der Waals surface area (Å²) in [6.07, 6.45) is -1.45. The Kier molecular flexibility index (Phi) is 14.2. The second kappa shape index (κ2) is 16.2. The van der Waals surface area contributed by atoms with Crippen LogP contribution in [0.5, 0.6) is 0 Å². The van der Waals surface area contributed by atoms with Crippen LogP contribution in [0.15, 0.2) is 0 Å². The highest BCUT2D eigenvalue weighted by Crippen LogP contribution is 2.36. The molecule has 0 aromatic heterocycles. The molecule has 0 radical (unpaired) electrons. The Morgan fingerprint density at radius 1 is 0.784 bits per heavy atom. The predicted octanol–water partition coefficient (Wildman–Crippen LogP) is -0.534. The van der Waals surface area contributed by atoms with Crippen molar-refractivity contribution < 1.29 is 59.5 Å². The molecule has 0 aliphatic carbocycles. The minimum absolute atomic E-state index is 0.193. The van der Waals surface area contributed by atoms with E-state index in [1.165, 1.54) is 38.5 Å². The summed E-state index contributed by atoms with van der Waals surface area (Å²) in [5, 5.41) is 70.2. The molecule has 2 rings (SSSR count). The minimum atomic E-state index is -2.27. The van der Waals surface area contributed by atoms with Crippen molar-refractivity contribution in [3.05, 3.63) is 0 Å². The van der Waals surface area contributed by atoms with Crippen molar-refractivity contribution in [2.24, 2.45) is 0 Å². The first kappa shape index (κ1) is 32.3. The fourth-order valence-corrected chi connectivity index (χ4v) is 4.62. The van der Waals surface area contributed by atoms with Crippen molar-refractivity contribution in [1.29, 1.82) is 0 Å². The lowest BCUT2D eigenvalue weighted by molar-refractivity contribution is -0.383. The van der Waals surface area contributed by atoms with Crippen molar-refractivity contribution in [3.63, 3.8) is 0 Å². The third kappa shape index (κ3) is 9.06. The Morgan fingerprint density at radius 3 is 1.92 bits per heavy atom. The third-order valence-electron chi connectivity index (χ3n) is 7.03. The minimum Gasteiger partial charge on any atom is -0.463 e. The van der Waals surface area contributed by atoms with Gasteiger partial charge in [0.15, 0.2) is 6.29 Å². The molecule has 12 heteroatoms. The first-order valence-corrected chi connectivity index (χ1v) is 13.5. The first-order valence-electron chi connectivity index (χ1n) is 13.5. The smallest absolute Gasteiger partial charge is 0.305 e. The average molecular weight is 539 g/mol. The van der Waals surface area contributed by atoms with Crippen LogP contribution in [-0.4, -0.2) is 116 Å². The van der Waals surface area contributed by atoms with Gasteiger partial charge in [-0.15, -0.1) is 0 Å². The molecule has 2 aliphatic heterocycles. The second-order valence-electron chi connectivity index (χ2n) is 9.99. The number of carbonyl (C=O) groups is 1. The van der Waals surface area contributed by atoms with E-state index in [4.69, 9.17) is 18.9 Å². The number of hydrogen-bond donors (Lipinski definition) is 7. The molecule has 2 fully saturated rings. The predicted molar refractivity (Wildman–Crippen MR) is 129 cm³/mol. The zero-order valence-corrected chi connectivity index (χ0v) is 21.7. The second-order valence-corrected chi connectivity index (χ2v) is 9.99. The Labute approximate surface area is 218 Å². The van der Waals surface area contributed by atoms with Gasteiger partial charge in [-0.2, -0.15) is 0 Å². The molecule has 7 N–H and O–H groups in total. The number of rotatable bonds is 17. The summed E-state index contributed by atoms with van der Waals surface area (Å²) in [7, 11) is 0. The van der Waals surface area contributed by atoms with E-state index in [-0.39, 0.29) is 6.42 Å². The lowest BCUT2D eigenvalue weighted by atomic mass is 9.99. The van der Waals surface area contributed by atoms with Crippen LogP contribution in [-0.2, 0) is 23.7 Å². The Balaban J connectivity index is 1.76. The van der Waals surface area contributed by atoms with Crippen molar-refractivity contribution in [2.45, 2.75) is 132 Å². The van der Waals surface area contributed by atoms with Crippen LogP contribution < -0.4 is 0 Å². The summed E-state index contributed by atoms with van der Waals surface area (Å²) in [6.45, 7) is 0.0988. The third-order valence-corrected chi connectivity index (χ3v) is 7.03. The zero-order valence-electron chi connectivity index (χ0n) is 21.7. The van der Waals surface area contributed by atoms with Gasteiger partial charge in [-0.05, 0) is 6.42 Å². The highest BCUT2D eigenvalue weighted by molar-refractivity contribution is 5.69. The Bertz CT molecular complexity index is 651. The topological polar surface area (TPSA) is 196 Å². The summed E-state index contributed by atoms with van der Waals surface area (Å²) in [6, 6.07) is 0. The van der Waals surface area contributed by atoms with E-state index in [1.807, 2.05) is 0 Å². The molecule has 0 bridgehead atoms. The van der Waals surface area contributed by atoms with Crippen molar-refractivity contribution in [1.82, 2.24) is 0 Å². The molecular formula is C25H46O12. The molecule has 2 aliphatic rings. The van der Waals surface area contributed by atoms with Crippen LogP contribution in [0.1, 0.15) is 77.6 Å². The van der Waals surface area contributed by atoms with Crippen LogP contribution in [0, 0.1) is 0 Å². The van der Waals surface area contributed by atoms with E-state index >= 15 is 0 Å². The summed E-state index contributed by atoms with van der Waals surface area (Å²) < 4.78 is 21.4. The molecule has 0 saturated carbocycles. The summed E-state index contributed by atoms with van der Waals surface area (Å²) in [4.78, 5) is 12.1. The van der Waals surface area contributed by atoms with E-state index in [1.54, 1.807) is 0 Å². The Morgan fingerprint density at radius 2 is 1.38 bits per heavy atom. The van der Waals surface area contributed by atoms with Gasteiger partial charge in [0.1, 0.15) is 55.9 Å². The number of hydrogen-bond acceptors (Lipinski definition) is 12. The van der Waals surface area contributed by atoms with Gasteiger partial charge in [-0.1, -0.05) is 64.7 Å². The quantitative estimate of drug-likeness (QED) is 0.0925. The molecule has 0 spiro atoms. The maximum atomic E-state index is 12.1. The van der Waals surface area contributed by atoms with Crippen LogP contribution in [0.25, 0.3) is 0 Å². The zero-order chi connectivity index (χ0) is 27.4. The Hall–Kier alpha value is -0.930. The number of ether oxygens (including phenoxy) is 4. The van der Waals surface area contributed by atoms with E-state index in [0.29, 0.717) is 6.42 Å². The van der Waals surface area contributed by atoms with Crippen LogP contribution in [0.2, 0.25) is 0 Å². The molecular weight excluding hydrogens is 492 g/mol. The molecule has 0 unspecified atom stereocenters. The number of carbonyl (C=O) groups excluding carboxylic acids is 1. The molecule has 2 heterocycles. The van der Waals surface area contributed by atoms with E-state index < -0.39 is 80.6 Å². The normalized spacial score (nSPS) is 36.1. The lowest BCUT2D eigenvalue weighted by Gasteiger charge is -2.43. The summed E-state index contributed by atoms with van der Waals surface area (Å²) in [5.74, 6) is -2.76. The van der Waals surface area contributed by atoms with E-state index in [0.717, 1.165) is 19.3 Å². The number of esters is 1. The van der Waals surface area contributed by atoms with E-state index in [2.05, 4.69) is 6.92 Å². The summed E-state index contributed by atoms with van der Waals surface area (Å²) in [5.41, 5.74) is 0. The molecule has 0 amide bonds. The number of aliphatic hydroxyl groups is 7. The fraction of sp³-hybridized carbons (Fsp3) is 0.960. The average Bonchev–Trinajstić information content (AvgIpc) is 3.14. The van der Waals surface area contributed by atoms with Crippen molar-refractivity contribution in [3.8, 4) is 0 Å². The maximum absolute atomic E-state index is 12.1. The molecule has 12 nitrogen and oxygen atoms in total. The maximum Gasteiger partial charge on any atom is 0.305 e. The van der Waals surface area contributed by atoms with Gasteiger partial charge >= 0.3 is 5.97 Å². The molecule has 9 atom stereocenters. The number of unbranched alkanes of at least 4 members (excludes halogenated alkanes) is 9. The van der Waals surface area contributed by atoms with Gasteiger partial charge in [-0.3, -0.25) is 4.79 Å². The first-order chi connectivity index (χ1) is 17.7. The van der Waals surface area contributed by atoms with Gasteiger partial charge in [-0.25, -0.2) is 0 Å². The molecule has 2 saturated heterocycles. The highest BCUT2D eigenvalue weighted by Gasteiger charge is 2.58. The van der Waals surface area contributed by atoms with Gasteiger partial charge in [0, 0.05) is 6.42 Å². The molecule has 0 aromatic rings. The van der Waals surface area contributed by atoms with Crippen LogP contribution in [0.3, 0.4) is 0 Å². The van der Waals surface area contributed by atoms with Gasteiger partial charge in [0.2, 0.25) is 5.79 Å². The summed E-state index contributed by atoms with van der Waals surface area (Å²) >= 11 is 0. The van der Waals surface area contributed by atoms with Gasteiger partial charge in [0.25, 0.3) is 0 Å². The molecule has 37 heavy (non-hydrogen) atoms. The highest BCUT2D eigenvalue weighted by atomic mass is 16.8. The van der Waals surface area contributed by atoms with Crippen LogP contribution >= 0.6 is 0 Å². The molecule has 0 aromatic carbocycles. The number of aliphatic hydroxyl groups excluding tert-OH is 7. The van der Waals surface area contributed by atoms with Gasteiger partial charge in [0.05, 0.1) is 6.61 Å². The lowest BCUT2D eigenvalue weighted by Crippen LogP contribution is -2.62. The van der Waals surface area contributed by atoms with Crippen molar-refractivity contribution in [2.75, 3.05) is 19.8 Å². The van der Waals surface area contributed by atoms with Crippen LogP contribution in [0.4, 0.5) is 0 Å².